The summed E-state index contributed by atoms with van der Waals surface area (Å²) in [7, 11) is 1.59. The second-order valence-corrected chi connectivity index (χ2v) is 4.97. The van der Waals surface area contributed by atoms with Crippen molar-refractivity contribution in [3.8, 4) is 0 Å². The Hall–Kier alpha value is -2.41. The molecule has 132 valence electrons. The van der Waals surface area contributed by atoms with Crippen molar-refractivity contribution >= 4 is 17.8 Å². The second kappa shape index (κ2) is 10.4. The van der Waals surface area contributed by atoms with E-state index in [1.54, 1.807) is 51.2 Å². The Balaban J connectivity index is 2.85. The van der Waals surface area contributed by atoms with Gasteiger partial charge in [0.25, 0.3) is 5.91 Å². The molecule has 1 unspecified atom stereocenters. The molecule has 0 aliphatic rings. The highest BCUT2D eigenvalue weighted by Crippen LogP contribution is 2.06. The molecule has 0 heterocycles. The molecule has 1 aromatic rings. The van der Waals surface area contributed by atoms with Gasteiger partial charge in [0.15, 0.2) is 0 Å². The SMILES string of the molecule is CCOC(=O)C(C[C@H](NC(=O)c1ccccc1)C(=O)OCC)NC. The molecule has 0 saturated carbocycles. The van der Waals surface area contributed by atoms with Crippen LogP contribution in [0.3, 0.4) is 0 Å². The number of rotatable bonds is 9. The zero-order valence-electron chi connectivity index (χ0n) is 14.2. The first-order valence-electron chi connectivity index (χ1n) is 7.89. The molecular formula is C17H24N2O5. The maximum absolute atomic E-state index is 12.3. The predicted octanol–water partition coefficient (Wildman–Crippen LogP) is 0.889. The van der Waals surface area contributed by atoms with Crippen LogP contribution in [0.25, 0.3) is 0 Å². The number of carbonyl (C=O) groups is 3. The summed E-state index contributed by atoms with van der Waals surface area (Å²) in [5, 5.41) is 5.41. The molecule has 0 radical (unpaired) electrons. The van der Waals surface area contributed by atoms with Crippen molar-refractivity contribution < 1.29 is 23.9 Å². The lowest BCUT2D eigenvalue weighted by Gasteiger charge is -2.22. The van der Waals surface area contributed by atoms with E-state index in [0.29, 0.717) is 5.56 Å². The van der Waals surface area contributed by atoms with Gasteiger partial charge in [0.05, 0.1) is 13.2 Å². The summed E-state index contributed by atoms with van der Waals surface area (Å²) in [5.74, 6) is -1.48. The van der Waals surface area contributed by atoms with Crippen molar-refractivity contribution in [3.63, 3.8) is 0 Å². The highest BCUT2D eigenvalue weighted by atomic mass is 16.5. The van der Waals surface area contributed by atoms with E-state index in [2.05, 4.69) is 10.6 Å². The summed E-state index contributed by atoms with van der Waals surface area (Å²) in [6, 6.07) is 6.83. The molecule has 7 nitrogen and oxygen atoms in total. The monoisotopic (exact) mass is 336 g/mol. The van der Waals surface area contributed by atoms with Crippen LogP contribution in [0.2, 0.25) is 0 Å². The lowest BCUT2D eigenvalue weighted by molar-refractivity contribution is -0.148. The molecule has 1 rings (SSSR count). The smallest absolute Gasteiger partial charge is 0.328 e. The topological polar surface area (TPSA) is 93.7 Å². The van der Waals surface area contributed by atoms with Crippen LogP contribution in [0.1, 0.15) is 30.6 Å². The average Bonchev–Trinajstić information content (AvgIpc) is 2.59. The van der Waals surface area contributed by atoms with Gasteiger partial charge < -0.3 is 20.1 Å². The van der Waals surface area contributed by atoms with Crippen LogP contribution in [0.15, 0.2) is 30.3 Å². The quantitative estimate of drug-likeness (QED) is 0.651. The molecule has 0 spiro atoms. The van der Waals surface area contributed by atoms with E-state index in [9.17, 15) is 14.4 Å². The summed E-state index contributed by atoms with van der Waals surface area (Å²) in [4.78, 5) is 36.3. The number of likely N-dealkylation sites (N-methyl/N-ethyl adjacent to an activating group) is 1. The van der Waals surface area contributed by atoms with E-state index in [4.69, 9.17) is 9.47 Å². The van der Waals surface area contributed by atoms with E-state index < -0.39 is 29.9 Å². The van der Waals surface area contributed by atoms with Crippen molar-refractivity contribution in [2.45, 2.75) is 32.4 Å². The van der Waals surface area contributed by atoms with Crippen LogP contribution in [-0.2, 0) is 19.1 Å². The van der Waals surface area contributed by atoms with E-state index in [1.807, 2.05) is 0 Å². The van der Waals surface area contributed by atoms with Crippen LogP contribution in [0, 0.1) is 0 Å². The Morgan fingerprint density at radius 3 is 2.00 bits per heavy atom. The van der Waals surface area contributed by atoms with Crippen molar-refractivity contribution in [1.29, 1.82) is 0 Å². The molecule has 2 atom stereocenters. The number of amides is 1. The number of ether oxygens (including phenoxy) is 2. The molecule has 1 amide bonds. The molecular weight excluding hydrogens is 312 g/mol. The number of benzene rings is 1. The maximum Gasteiger partial charge on any atom is 0.328 e. The Morgan fingerprint density at radius 2 is 1.50 bits per heavy atom. The minimum atomic E-state index is -0.959. The van der Waals surface area contributed by atoms with E-state index >= 15 is 0 Å². The van der Waals surface area contributed by atoms with Crippen molar-refractivity contribution in [1.82, 2.24) is 10.6 Å². The number of nitrogens with one attached hydrogen (secondary N) is 2. The van der Waals surface area contributed by atoms with Gasteiger partial charge in [0, 0.05) is 12.0 Å². The van der Waals surface area contributed by atoms with Crippen molar-refractivity contribution in [3.05, 3.63) is 35.9 Å². The number of hydrogen-bond donors (Lipinski definition) is 2. The van der Waals surface area contributed by atoms with Gasteiger partial charge >= 0.3 is 11.9 Å². The van der Waals surface area contributed by atoms with Gasteiger partial charge in [-0.05, 0) is 33.0 Å². The molecule has 0 aliphatic heterocycles. The summed E-state index contributed by atoms with van der Waals surface area (Å²) >= 11 is 0. The van der Waals surface area contributed by atoms with Crippen LogP contribution in [-0.4, -0.2) is 50.2 Å². The Bertz CT molecular complexity index is 547. The van der Waals surface area contributed by atoms with Gasteiger partial charge in [-0.1, -0.05) is 18.2 Å². The molecule has 0 aromatic heterocycles. The summed E-state index contributed by atoms with van der Waals surface area (Å²) < 4.78 is 9.95. The Morgan fingerprint density at radius 1 is 0.958 bits per heavy atom. The fourth-order valence-electron chi connectivity index (χ4n) is 2.10. The van der Waals surface area contributed by atoms with Crippen molar-refractivity contribution in [2.75, 3.05) is 20.3 Å². The number of hydrogen-bond acceptors (Lipinski definition) is 6. The third-order valence-electron chi connectivity index (χ3n) is 3.30. The normalized spacial score (nSPS) is 12.8. The Kier molecular flexibility index (Phi) is 8.49. The fourth-order valence-corrected chi connectivity index (χ4v) is 2.10. The number of carbonyl (C=O) groups excluding carboxylic acids is 3. The predicted molar refractivity (Wildman–Crippen MR) is 88.4 cm³/mol. The molecule has 0 saturated heterocycles. The molecule has 7 heteroatoms. The first kappa shape index (κ1) is 19.6. The molecule has 2 N–H and O–H groups in total. The van der Waals surface area contributed by atoms with Gasteiger partial charge in [-0.2, -0.15) is 0 Å². The maximum atomic E-state index is 12.3. The van der Waals surface area contributed by atoms with Gasteiger partial charge in [-0.15, -0.1) is 0 Å². The van der Waals surface area contributed by atoms with Crippen molar-refractivity contribution in [2.24, 2.45) is 0 Å². The molecule has 24 heavy (non-hydrogen) atoms. The minimum Gasteiger partial charge on any atom is -0.465 e. The van der Waals surface area contributed by atoms with Crippen LogP contribution in [0.4, 0.5) is 0 Å². The van der Waals surface area contributed by atoms with Crippen LogP contribution < -0.4 is 10.6 Å². The van der Waals surface area contributed by atoms with E-state index in [1.165, 1.54) is 0 Å². The highest BCUT2D eigenvalue weighted by Gasteiger charge is 2.29. The number of esters is 2. The van der Waals surface area contributed by atoms with Gasteiger partial charge in [-0.3, -0.25) is 9.59 Å². The zero-order chi connectivity index (χ0) is 17.9. The van der Waals surface area contributed by atoms with Crippen LogP contribution >= 0.6 is 0 Å². The lowest BCUT2D eigenvalue weighted by atomic mass is 10.1. The summed E-state index contributed by atoms with van der Waals surface area (Å²) in [6.07, 6.45) is 0.0345. The summed E-state index contributed by atoms with van der Waals surface area (Å²) in [5.41, 5.74) is 0.420. The molecule has 1 aromatic carbocycles. The molecule has 0 fully saturated rings. The van der Waals surface area contributed by atoms with E-state index in [0.717, 1.165) is 0 Å². The minimum absolute atomic E-state index is 0.0345. The second-order valence-electron chi connectivity index (χ2n) is 4.97. The standard InChI is InChI=1S/C17H24N2O5/c1-4-23-16(21)13(18-3)11-14(17(22)24-5-2)19-15(20)12-9-7-6-8-10-12/h6-10,13-14,18H,4-5,11H2,1-3H3,(H,19,20)/t13?,14-/m0/s1. The van der Waals surface area contributed by atoms with E-state index in [-0.39, 0.29) is 19.6 Å². The summed E-state index contributed by atoms with van der Waals surface area (Å²) in [6.45, 7) is 3.79. The van der Waals surface area contributed by atoms with Crippen LogP contribution in [0.5, 0.6) is 0 Å². The first-order chi connectivity index (χ1) is 11.5. The fraction of sp³-hybridized carbons (Fsp3) is 0.471. The van der Waals surface area contributed by atoms with Gasteiger partial charge in [-0.25, -0.2) is 4.79 Å². The van der Waals surface area contributed by atoms with Gasteiger partial charge in [0.1, 0.15) is 12.1 Å². The third kappa shape index (κ3) is 6.00. The van der Waals surface area contributed by atoms with Gasteiger partial charge in [0.2, 0.25) is 0 Å². The third-order valence-corrected chi connectivity index (χ3v) is 3.30. The molecule has 0 bridgehead atoms. The average molecular weight is 336 g/mol. The Labute approximate surface area is 141 Å². The molecule has 0 aliphatic carbocycles. The largest absolute Gasteiger partial charge is 0.465 e. The first-order valence-corrected chi connectivity index (χ1v) is 7.89. The lowest BCUT2D eigenvalue weighted by Crippen LogP contribution is -2.48. The zero-order valence-corrected chi connectivity index (χ0v) is 14.2. The highest BCUT2D eigenvalue weighted by molar-refractivity contribution is 5.96.